The molecule has 0 radical (unpaired) electrons. The zero-order valence-corrected chi connectivity index (χ0v) is 17.2. The van der Waals surface area contributed by atoms with Gasteiger partial charge < -0.3 is 11.1 Å². The highest BCUT2D eigenvalue weighted by Crippen LogP contribution is 2.30. The Morgan fingerprint density at radius 1 is 1.22 bits per heavy atom. The van der Waals surface area contributed by atoms with Gasteiger partial charge in [0.1, 0.15) is 0 Å². The molecule has 1 heterocycles. The van der Waals surface area contributed by atoms with E-state index in [-0.39, 0.29) is 11.6 Å². The van der Waals surface area contributed by atoms with E-state index in [2.05, 4.69) is 72.8 Å². The van der Waals surface area contributed by atoms with E-state index in [1.165, 1.54) is 36.8 Å². The Balaban J connectivity index is 1.86. The van der Waals surface area contributed by atoms with Crippen LogP contribution in [0.15, 0.2) is 24.3 Å². The summed E-state index contributed by atoms with van der Waals surface area (Å²) in [5.41, 5.74) is 8.25. The molecule has 0 amide bonds. The number of nitrogens with zero attached hydrogens (tertiary/aromatic N) is 4. The molecule has 1 aliphatic rings. The molecule has 1 aromatic carbocycles. The van der Waals surface area contributed by atoms with Crippen LogP contribution in [0.2, 0.25) is 0 Å². The minimum Gasteiger partial charge on any atom is -0.330 e. The van der Waals surface area contributed by atoms with E-state index in [1.807, 2.05) is 4.68 Å². The number of benzene rings is 1. The van der Waals surface area contributed by atoms with Gasteiger partial charge in [0.2, 0.25) is 0 Å². The number of aryl methyl sites for hydroxylation is 1. The standard InChI is InChI=1S/C21H34N6/c1-15-8-5-6-11-18(15)19(20-24-25-26-27(20)21(2,3)4)23-14-17-10-7-9-16(12-17)13-22/h5-6,8,11,16-17,19,23H,7,9-10,12-14,22H2,1-4H3. The van der Waals surface area contributed by atoms with Crippen molar-refractivity contribution in [3.8, 4) is 0 Å². The fourth-order valence-corrected chi connectivity index (χ4v) is 4.19. The average molecular weight is 371 g/mol. The van der Waals surface area contributed by atoms with Crippen LogP contribution in [0, 0.1) is 18.8 Å². The topological polar surface area (TPSA) is 81.7 Å². The summed E-state index contributed by atoms with van der Waals surface area (Å²) in [7, 11) is 0. The average Bonchev–Trinajstić information content (AvgIpc) is 3.13. The van der Waals surface area contributed by atoms with Crippen molar-refractivity contribution in [1.29, 1.82) is 0 Å². The first-order valence-electron chi connectivity index (χ1n) is 10.2. The molecule has 0 aliphatic heterocycles. The molecule has 27 heavy (non-hydrogen) atoms. The van der Waals surface area contributed by atoms with Crippen LogP contribution in [-0.2, 0) is 5.54 Å². The molecular weight excluding hydrogens is 336 g/mol. The van der Waals surface area contributed by atoms with Gasteiger partial charge in [0.25, 0.3) is 0 Å². The number of nitrogens with two attached hydrogens (primary N) is 1. The summed E-state index contributed by atoms with van der Waals surface area (Å²) in [5, 5.41) is 16.5. The fourth-order valence-electron chi connectivity index (χ4n) is 4.19. The second kappa shape index (κ2) is 8.48. The largest absolute Gasteiger partial charge is 0.330 e. The van der Waals surface area contributed by atoms with Crippen molar-refractivity contribution in [1.82, 2.24) is 25.5 Å². The SMILES string of the molecule is Cc1ccccc1C(NCC1CCCC(CN)C1)c1nnnn1C(C)(C)C. The predicted octanol–water partition coefficient (Wildman–Crippen LogP) is 3.18. The third kappa shape index (κ3) is 4.74. The van der Waals surface area contributed by atoms with Gasteiger partial charge in [-0.1, -0.05) is 30.7 Å². The normalized spacial score (nSPS) is 22.0. The summed E-state index contributed by atoms with van der Waals surface area (Å²) in [6, 6.07) is 8.49. The lowest BCUT2D eigenvalue weighted by Gasteiger charge is -2.31. The van der Waals surface area contributed by atoms with Crippen molar-refractivity contribution >= 4 is 0 Å². The van der Waals surface area contributed by atoms with Gasteiger partial charge in [-0.05, 0) is 93.4 Å². The third-order valence-electron chi connectivity index (χ3n) is 5.72. The number of tetrazole rings is 1. The molecule has 3 atom stereocenters. The van der Waals surface area contributed by atoms with Crippen LogP contribution in [0.25, 0.3) is 0 Å². The smallest absolute Gasteiger partial charge is 0.173 e. The van der Waals surface area contributed by atoms with Crippen LogP contribution in [0.3, 0.4) is 0 Å². The maximum Gasteiger partial charge on any atom is 0.173 e. The molecule has 1 saturated carbocycles. The Morgan fingerprint density at radius 3 is 2.67 bits per heavy atom. The van der Waals surface area contributed by atoms with E-state index < -0.39 is 0 Å². The first-order valence-corrected chi connectivity index (χ1v) is 10.2. The number of hydrogen-bond donors (Lipinski definition) is 2. The summed E-state index contributed by atoms with van der Waals surface area (Å²) in [6.07, 6.45) is 5.04. The Labute approximate surface area is 162 Å². The van der Waals surface area contributed by atoms with Crippen molar-refractivity contribution in [2.45, 2.75) is 65.0 Å². The molecule has 148 valence electrons. The van der Waals surface area contributed by atoms with Crippen molar-refractivity contribution in [2.24, 2.45) is 17.6 Å². The lowest BCUT2D eigenvalue weighted by Crippen LogP contribution is -2.36. The zero-order chi connectivity index (χ0) is 19.4. The molecule has 0 saturated heterocycles. The maximum atomic E-state index is 5.93. The highest BCUT2D eigenvalue weighted by molar-refractivity contribution is 5.32. The van der Waals surface area contributed by atoms with E-state index in [0.29, 0.717) is 11.8 Å². The van der Waals surface area contributed by atoms with Crippen LogP contribution >= 0.6 is 0 Å². The quantitative estimate of drug-likeness (QED) is 0.816. The van der Waals surface area contributed by atoms with Crippen molar-refractivity contribution < 1.29 is 0 Å². The summed E-state index contributed by atoms with van der Waals surface area (Å²) in [5.74, 6) is 2.21. The molecule has 1 aromatic heterocycles. The van der Waals surface area contributed by atoms with Crippen LogP contribution in [0.4, 0.5) is 0 Å². The predicted molar refractivity (Wildman–Crippen MR) is 108 cm³/mol. The van der Waals surface area contributed by atoms with Crippen LogP contribution in [0.1, 0.15) is 69.4 Å². The van der Waals surface area contributed by atoms with E-state index in [9.17, 15) is 0 Å². The Bertz CT molecular complexity index is 732. The van der Waals surface area contributed by atoms with Gasteiger partial charge in [-0.2, -0.15) is 0 Å². The molecule has 3 N–H and O–H groups in total. The molecule has 0 spiro atoms. The van der Waals surface area contributed by atoms with Gasteiger partial charge in [-0.3, -0.25) is 0 Å². The van der Waals surface area contributed by atoms with E-state index in [4.69, 9.17) is 5.73 Å². The van der Waals surface area contributed by atoms with Crippen LogP contribution in [-0.4, -0.2) is 33.3 Å². The molecule has 3 rings (SSSR count). The number of nitrogens with one attached hydrogen (secondary N) is 1. The van der Waals surface area contributed by atoms with Crippen molar-refractivity contribution in [2.75, 3.05) is 13.1 Å². The molecule has 6 nitrogen and oxygen atoms in total. The Morgan fingerprint density at radius 2 is 1.96 bits per heavy atom. The van der Waals surface area contributed by atoms with E-state index in [0.717, 1.165) is 18.9 Å². The van der Waals surface area contributed by atoms with Gasteiger partial charge in [0.15, 0.2) is 5.82 Å². The molecule has 3 unspecified atom stereocenters. The summed E-state index contributed by atoms with van der Waals surface area (Å²) < 4.78 is 1.95. The first kappa shape index (κ1) is 20.0. The monoisotopic (exact) mass is 370 g/mol. The molecule has 0 bridgehead atoms. The van der Waals surface area contributed by atoms with Gasteiger partial charge in [-0.25, -0.2) is 4.68 Å². The molecule has 2 aromatic rings. The lowest BCUT2D eigenvalue weighted by molar-refractivity contribution is 0.256. The third-order valence-corrected chi connectivity index (χ3v) is 5.72. The minimum absolute atomic E-state index is 0.0151. The van der Waals surface area contributed by atoms with Crippen LogP contribution in [0.5, 0.6) is 0 Å². The molecule has 6 heteroatoms. The summed E-state index contributed by atoms with van der Waals surface area (Å²) in [6.45, 7) is 10.3. The fraction of sp³-hybridized carbons (Fsp3) is 0.667. The maximum absolute atomic E-state index is 5.93. The number of rotatable bonds is 6. The minimum atomic E-state index is -0.170. The van der Waals surface area contributed by atoms with Crippen LogP contribution < -0.4 is 11.1 Å². The number of hydrogen-bond acceptors (Lipinski definition) is 5. The lowest BCUT2D eigenvalue weighted by atomic mass is 9.81. The Kier molecular flexibility index (Phi) is 6.27. The summed E-state index contributed by atoms with van der Waals surface area (Å²) in [4.78, 5) is 0. The Hall–Kier alpha value is -1.79. The van der Waals surface area contributed by atoms with Gasteiger partial charge in [0, 0.05) is 0 Å². The molecular formula is C21H34N6. The highest BCUT2D eigenvalue weighted by atomic mass is 15.6. The number of aromatic nitrogens is 4. The summed E-state index contributed by atoms with van der Waals surface area (Å²) >= 11 is 0. The molecule has 1 fully saturated rings. The van der Waals surface area contributed by atoms with Crippen molar-refractivity contribution in [3.63, 3.8) is 0 Å². The molecule has 1 aliphatic carbocycles. The highest BCUT2D eigenvalue weighted by Gasteiger charge is 2.29. The van der Waals surface area contributed by atoms with Gasteiger partial charge >= 0.3 is 0 Å². The van der Waals surface area contributed by atoms with Gasteiger partial charge in [0.05, 0.1) is 11.6 Å². The van der Waals surface area contributed by atoms with E-state index >= 15 is 0 Å². The first-order chi connectivity index (χ1) is 12.9. The van der Waals surface area contributed by atoms with Crippen molar-refractivity contribution in [3.05, 3.63) is 41.2 Å². The van der Waals surface area contributed by atoms with Gasteiger partial charge in [-0.15, -0.1) is 5.10 Å². The second-order valence-electron chi connectivity index (χ2n) is 8.95. The zero-order valence-electron chi connectivity index (χ0n) is 17.2. The van der Waals surface area contributed by atoms with E-state index in [1.54, 1.807) is 0 Å². The second-order valence-corrected chi connectivity index (χ2v) is 8.95.